The van der Waals surface area contributed by atoms with Crippen molar-refractivity contribution < 1.29 is 4.79 Å². The molecule has 3 rings (SSSR count). The van der Waals surface area contributed by atoms with Gasteiger partial charge in [-0.25, -0.2) is 5.10 Å². The summed E-state index contributed by atoms with van der Waals surface area (Å²) in [7, 11) is 0. The fraction of sp³-hybridized carbons (Fsp3) is 0.438. The number of benzene rings is 1. The molecule has 0 saturated carbocycles. The Morgan fingerprint density at radius 3 is 2.71 bits per heavy atom. The topological polar surface area (TPSA) is 91.1 Å². The number of anilines is 2. The molecule has 8 heteroatoms. The molecular formula is C16H22N6OS. The highest BCUT2D eigenvalue weighted by Crippen LogP contribution is 2.24. The van der Waals surface area contributed by atoms with E-state index in [2.05, 4.69) is 52.1 Å². The smallest absolute Gasteiger partial charge is 0.233 e. The lowest BCUT2D eigenvalue weighted by atomic mass is 10.1. The number of nitrogen functional groups attached to an aromatic ring is 1. The predicted octanol–water partition coefficient (Wildman–Crippen LogP) is 1.44. The lowest BCUT2D eigenvalue weighted by Gasteiger charge is -2.37. The van der Waals surface area contributed by atoms with Gasteiger partial charge in [0.2, 0.25) is 17.0 Å². The van der Waals surface area contributed by atoms with Crippen molar-refractivity contribution in [2.45, 2.75) is 19.0 Å². The number of hydrogen-bond donors (Lipinski definition) is 2. The number of nitrogens with zero attached hydrogens (tertiary/aromatic N) is 4. The number of aryl methyl sites for hydroxylation is 1. The highest BCUT2D eigenvalue weighted by molar-refractivity contribution is 7.99. The molecule has 0 spiro atoms. The Balaban J connectivity index is 1.53. The zero-order valence-corrected chi connectivity index (χ0v) is 14.8. The first-order chi connectivity index (χ1) is 11.5. The molecule has 1 aliphatic rings. The number of carbonyl (C=O) groups excluding carboxylic acids is 1. The number of rotatable bonds is 4. The van der Waals surface area contributed by atoms with Crippen molar-refractivity contribution in [2.24, 2.45) is 0 Å². The average Bonchev–Trinajstić information content (AvgIpc) is 3.01. The minimum atomic E-state index is 0.115. The summed E-state index contributed by atoms with van der Waals surface area (Å²) in [4.78, 5) is 20.6. The predicted molar refractivity (Wildman–Crippen MR) is 96.2 cm³/mol. The summed E-state index contributed by atoms with van der Waals surface area (Å²) in [6.45, 7) is 7.47. The van der Waals surface area contributed by atoms with Crippen LogP contribution in [-0.4, -0.2) is 57.9 Å². The van der Waals surface area contributed by atoms with E-state index in [1.807, 2.05) is 4.90 Å². The van der Waals surface area contributed by atoms with Gasteiger partial charge in [0, 0.05) is 31.9 Å². The van der Waals surface area contributed by atoms with Crippen LogP contribution < -0.4 is 10.6 Å². The van der Waals surface area contributed by atoms with E-state index in [1.165, 1.54) is 28.6 Å². The van der Waals surface area contributed by atoms with Gasteiger partial charge < -0.3 is 15.5 Å². The number of piperazine rings is 1. The SMILES string of the molecule is Cc1cccc(N2CCN(C(=O)CSc3n[nH]c(N)n3)CC2)c1C. The van der Waals surface area contributed by atoms with Gasteiger partial charge >= 0.3 is 0 Å². The van der Waals surface area contributed by atoms with Gasteiger partial charge in [0.1, 0.15) is 0 Å². The van der Waals surface area contributed by atoms with Gasteiger partial charge in [-0.1, -0.05) is 23.9 Å². The van der Waals surface area contributed by atoms with Crippen molar-refractivity contribution in [1.82, 2.24) is 20.1 Å². The van der Waals surface area contributed by atoms with Crippen molar-refractivity contribution in [1.29, 1.82) is 0 Å². The quantitative estimate of drug-likeness (QED) is 0.814. The van der Waals surface area contributed by atoms with Gasteiger partial charge in [-0.05, 0) is 31.0 Å². The first kappa shape index (κ1) is 16.6. The fourth-order valence-electron chi connectivity index (χ4n) is 2.82. The highest BCUT2D eigenvalue weighted by atomic mass is 32.2. The molecule has 2 heterocycles. The van der Waals surface area contributed by atoms with Crippen LogP contribution in [0.1, 0.15) is 11.1 Å². The summed E-state index contributed by atoms with van der Waals surface area (Å²) in [6, 6.07) is 6.38. The molecule has 24 heavy (non-hydrogen) atoms. The molecule has 0 aliphatic carbocycles. The number of nitrogens with two attached hydrogens (primary N) is 1. The molecule has 0 radical (unpaired) electrons. The number of thioether (sulfide) groups is 1. The summed E-state index contributed by atoms with van der Waals surface area (Å²) < 4.78 is 0. The second-order valence-corrected chi connectivity index (χ2v) is 6.82. The molecular weight excluding hydrogens is 324 g/mol. The summed E-state index contributed by atoms with van der Waals surface area (Å²) in [5.41, 5.74) is 9.36. The molecule has 0 unspecified atom stereocenters. The van der Waals surface area contributed by atoms with E-state index >= 15 is 0 Å². The van der Waals surface area contributed by atoms with Gasteiger partial charge in [0.05, 0.1) is 5.75 Å². The van der Waals surface area contributed by atoms with Crippen LogP contribution in [0.2, 0.25) is 0 Å². The van der Waals surface area contributed by atoms with E-state index in [4.69, 9.17) is 5.73 Å². The van der Waals surface area contributed by atoms with Gasteiger partial charge in [-0.3, -0.25) is 4.79 Å². The molecule has 2 aromatic rings. The van der Waals surface area contributed by atoms with Crippen molar-refractivity contribution in [3.63, 3.8) is 0 Å². The third-order valence-corrected chi connectivity index (χ3v) is 5.19. The Hall–Kier alpha value is -2.22. The van der Waals surface area contributed by atoms with Crippen LogP contribution in [-0.2, 0) is 4.79 Å². The van der Waals surface area contributed by atoms with E-state index in [-0.39, 0.29) is 11.9 Å². The van der Waals surface area contributed by atoms with Crippen molar-refractivity contribution in [3.05, 3.63) is 29.3 Å². The maximum Gasteiger partial charge on any atom is 0.233 e. The number of hydrogen-bond acceptors (Lipinski definition) is 6. The van der Waals surface area contributed by atoms with E-state index < -0.39 is 0 Å². The molecule has 1 aliphatic heterocycles. The van der Waals surface area contributed by atoms with E-state index in [9.17, 15) is 4.79 Å². The number of amides is 1. The average molecular weight is 346 g/mol. The summed E-state index contributed by atoms with van der Waals surface area (Å²) >= 11 is 1.31. The number of H-pyrrole nitrogens is 1. The molecule has 128 valence electrons. The zero-order chi connectivity index (χ0) is 17.1. The molecule has 1 aromatic heterocycles. The van der Waals surface area contributed by atoms with Gasteiger partial charge in [0.15, 0.2) is 0 Å². The number of aromatic nitrogens is 3. The maximum absolute atomic E-state index is 12.3. The third-order valence-electron chi connectivity index (χ3n) is 4.36. The van der Waals surface area contributed by atoms with Crippen LogP contribution in [0, 0.1) is 13.8 Å². The number of carbonyl (C=O) groups is 1. The van der Waals surface area contributed by atoms with Crippen LogP contribution in [0.15, 0.2) is 23.4 Å². The standard InChI is InChI=1S/C16H22N6OS/c1-11-4-3-5-13(12(11)2)21-6-8-22(9-7-21)14(23)10-24-16-18-15(17)19-20-16/h3-5H,6-10H2,1-2H3,(H3,17,18,19,20). The number of nitrogens with one attached hydrogen (secondary N) is 1. The molecule has 0 atom stereocenters. The fourth-order valence-corrected chi connectivity index (χ4v) is 3.52. The third kappa shape index (κ3) is 3.64. The van der Waals surface area contributed by atoms with Gasteiger partial charge in [-0.2, -0.15) is 4.98 Å². The van der Waals surface area contributed by atoms with Crippen LogP contribution in [0.4, 0.5) is 11.6 Å². The Bertz CT molecular complexity index is 723. The molecule has 1 aromatic carbocycles. The van der Waals surface area contributed by atoms with Crippen LogP contribution in [0.25, 0.3) is 0 Å². The highest BCUT2D eigenvalue weighted by Gasteiger charge is 2.22. The van der Waals surface area contributed by atoms with Crippen molar-refractivity contribution >= 4 is 29.3 Å². The Labute approximate surface area is 145 Å². The van der Waals surface area contributed by atoms with Gasteiger partial charge in [0.25, 0.3) is 0 Å². The Morgan fingerprint density at radius 1 is 1.29 bits per heavy atom. The molecule has 1 fully saturated rings. The molecule has 7 nitrogen and oxygen atoms in total. The monoisotopic (exact) mass is 346 g/mol. The van der Waals surface area contributed by atoms with Crippen molar-refractivity contribution in [3.8, 4) is 0 Å². The normalized spacial score (nSPS) is 14.9. The summed E-state index contributed by atoms with van der Waals surface area (Å²) in [5, 5.41) is 7.00. The first-order valence-electron chi connectivity index (χ1n) is 7.94. The maximum atomic E-state index is 12.3. The molecule has 1 saturated heterocycles. The minimum absolute atomic E-state index is 0.115. The minimum Gasteiger partial charge on any atom is -0.368 e. The summed E-state index contributed by atoms with van der Waals surface area (Å²) in [6.07, 6.45) is 0. The lowest BCUT2D eigenvalue weighted by molar-refractivity contribution is -0.128. The number of aromatic amines is 1. The van der Waals surface area contributed by atoms with Crippen LogP contribution in [0.3, 0.4) is 0 Å². The summed E-state index contributed by atoms with van der Waals surface area (Å²) in [5.74, 6) is 0.719. The van der Waals surface area contributed by atoms with E-state index in [1.54, 1.807) is 0 Å². The molecule has 0 bridgehead atoms. The second kappa shape index (κ2) is 7.12. The largest absolute Gasteiger partial charge is 0.368 e. The molecule has 1 amide bonds. The Kier molecular flexibility index (Phi) is 4.94. The van der Waals surface area contributed by atoms with E-state index in [0.717, 1.165) is 26.2 Å². The molecule has 3 N–H and O–H groups in total. The van der Waals surface area contributed by atoms with Gasteiger partial charge in [-0.15, -0.1) is 5.10 Å². The second-order valence-electron chi connectivity index (χ2n) is 5.88. The van der Waals surface area contributed by atoms with Crippen LogP contribution in [0.5, 0.6) is 0 Å². The lowest BCUT2D eigenvalue weighted by Crippen LogP contribution is -2.49. The zero-order valence-electron chi connectivity index (χ0n) is 14.0. The van der Waals surface area contributed by atoms with Crippen molar-refractivity contribution in [2.75, 3.05) is 42.6 Å². The first-order valence-corrected chi connectivity index (χ1v) is 8.93. The Morgan fingerprint density at radius 2 is 2.04 bits per heavy atom. The van der Waals surface area contributed by atoms with E-state index in [0.29, 0.717) is 10.9 Å². The van der Waals surface area contributed by atoms with Crippen LogP contribution >= 0.6 is 11.8 Å².